The van der Waals surface area contributed by atoms with E-state index in [9.17, 15) is 13.2 Å². The van der Waals surface area contributed by atoms with Gasteiger partial charge < -0.3 is 9.84 Å². The predicted molar refractivity (Wildman–Crippen MR) is 96.7 cm³/mol. The molecule has 0 saturated carbocycles. The van der Waals surface area contributed by atoms with E-state index in [-0.39, 0.29) is 17.9 Å². The van der Waals surface area contributed by atoms with Crippen LogP contribution in [0.3, 0.4) is 0 Å². The maximum atomic E-state index is 12.2. The van der Waals surface area contributed by atoms with E-state index >= 15 is 0 Å². The molecule has 0 aliphatic rings. The highest BCUT2D eigenvalue weighted by Gasteiger charge is 2.13. The summed E-state index contributed by atoms with van der Waals surface area (Å²) in [6.07, 6.45) is -0.00733. The third kappa shape index (κ3) is 6.08. The summed E-state index contributed by atoms with van der Waals surface area (Å²) in [7, 11) is -2.02. The SMILES string of the molecule is COc1ccc(S(=O)(=O)NCCSc2ccc(CC(=O)O)cc2)cc1. The second kappa shape index (κ2) is 8.89. The van der Waals surface area contributed by atoms with Gasteiger partial charge in [-0.3, -0.25) is 4.79 Å². The minimum Gasteiger partial charge on any atom is -0.497 e. The summed E-state index contributed by atoms with van der Waals surface area (Å²) in [5, 5.41) is 8.73. The van der Waals surface area contributed by atoms with Crippen LogP contribution >= 0.6 is 11.8 Å². The van der Waals surface area contributed by atoms with Gasteiger partial charge in [-0.2, -0.15) is 0 Å². The number of nitrogens with one attached hydrogen (secondary N) is 1. The van der Waals surface area contributed by atoms with Crippen LogP contribution in [0, 0.1) is 0 Å². The van der Waals surface area contributed by atoms with Crippen molar-refractivity contribution in [1.29, 1.82) is 0 Å². The summed E-state index contributed by atoms with van der Waals surface area (Å²) in [6.45, 7) is 0.288. The Bertz CT molecular complexity index is 802. The van der Waals surface area contributed by atoms with Crippen molar-refractivity contribution in [2.24, 2.45) is 0 Å². The summed E-state index contributed by atoms with van der Waals surface area (Å²) < 4.78 is 31.9. The molecule has 0 atom stereocenters. The summed E-state index contributed by atoms with van der Waals surface area (Å²) in [4.78, 5) is 11.8. The quantitative estimate of drug-likeness (QED) is 0.512. The zero-order valence-electron chi connectivity index (χ0n) is 13.6. The number of sulfonamides is 1. The molecule has 0 aliphatic heterocycles. The van der Waals surface area contributed by atoms with Gasteiger partial charge in [0.2, 0.25) is 10.0 Å². The number of hydrogen-bond donors (Lipinski definition) is 2. The van der Waals surface area contributed by atoms with Gasteiger partial charge in [-0.1, -0.05) is 12.1 Å². The number of carboxylic acids is 1. The molecule has 0 amide bonds. The van der Waals surface area contributed by atoms with Crippen molar-refractivity contribution in [3.05, 3.63) is 54.1 Å². The van der Waals surface area contributed by atoms with E-state index in [1.807, 2.05) is 12.1 Å². The van der Waals surface area contributed by atoms with Crippen molar-refractivity contribution in [2.45, 2.75) is 16.2 Å². The first kappa shape index (κ1) is 19.3. The zero-order chi connectivity index (χ0) is 18.3. The number of benzene rings is 2. The van der Waals surface area contributed by atoms with E-state index in [0.29, 0.717) is 11.5 Å². The van der Waals surface area contributed by atoms with Crippen LogP contribution in [-0.2, 0) is 21.2 Å². The lowest BCUT2D eigenvalue weighted by atomic mass is 10.2. The fourth-order valence-corrected chi connectivity index (χ4v) is 3.99. The highest BCUT2D eigenvalue weighted by Crippen LogP contribution is 2.19. The van der Waals surface area contributed by atoms with Crippen molar-refractivity contribution in [2.75, 3.05) is 19.4 Å². The minimum absolute atomic E-state index is 0.00733. The molecule has 8 heteroatoms. The normalized spacial score (nSPS) is 11.2. The number of aliphatic carboxylic acids is 1. The summed E-state index contributed by atoms with van der Waals surface area (Å²) >= 11 is 1.50. The van der Waals surface area contributed by atoms with Crippen LogP contribution in [0.1, 0.15) is 5.56 Å². The Labute approximate surface area is 151 Å². The fraction of sp³-hybridized carbons (Fsp3) is 0.235. The molecule has 6 nitrogen and oxygen atoms in total. The minimum atomic E-state index is -3.54. The van der Waals surface area contributed by atoms with E-state index in [1.54, 1.807) is 24.3 Å². The van der Waals surface area contributed by atoms with Crippen LogP contribution in [-0.4, -0.2) is 38.9 Å². The Morgan fingerprint density at radius 1 is 1.12 bits per heavy atom. The van der Waals surface area contributed by atoms with Crippen LogP contribution in [0.25, 0.3) is 0 Å². The van der Waals surface area contributed by atoms with Gasteiger partial charge in [-0.25, -0.2) is 13.1 Å². The van der Waals surface area contributed by atoms with E-state index in [2.05, 4.69) is 4.72 Å². The second-order valence-corrected chi connectivity index (χ2v) is 8.07. The third-order valence-corrected chi connectivity index (χ3v) is 5.80. The molecule has 2 N–H and O–H groups in total. The van der Waals surface area contributed by atoms with Gasteiger partial charge in [0.05, 0.1) is 18.4 Å². The first-order chi connectivity index (χ1) is 11.9. The van der Waals surface area contributed by atoms with E-state index in [4.69, 9.17) is 9.84 Å². The maximum Gasteiger partial charge on any atom is 0.307 e. The molecule has 134 valence electrons. The molecule has 0 aromatic heterocycles. The van der Waals surface area contributed by atoms with Crippen LogP contribution in [0.2, 0.25) is 0 Å². The number of ether oxygens (including phenoxy) is 1. The molecule has 2 aromatic rings. The van der Waals surface area contributed by atoms with Crippen molar-refractivity contribution < 1.29 is 23.1 Å². The molecular weight excluding hydrogens is 362 g/mol. The van der Waals surface area contributed by atoms with E-state index < -0.39 is 16.0 Å². The molecule has 0 saturated heterocycles. The highest BCUT2D eigenvalue weighted by atomic mass is 32.2. The predicted octanol–water partition coefficient (Wildman–Crippen LogP) is 2.39. The van der Waals surface area contributed by atoms with Crippen LogP contribution in [0.5, 0.6) is 5.75 Å². The molecule has 0 spiro atoms. The Hall–Kier alpha value is -2.03. The largest absolute Gasteiger partial charge is 0.497 e. The topological polar surface area (TPSA) is 92.7 Å². The lowest BCUT2D eigenvalue weighted by molar-refractivity contribution is -0.136. The molecule has 0 unspecified atom stereocenters. The number of rotatable bonds is 9. The smallest absolute Gasteiger partial charge is 0.307 e. The van der Waals surface area contributed by atoms with Gasteiger partial charge in [0.25, 0.3) is 0 Å². The monoisotopic (exact) mass is 381 g/mol. The second-order valence-electron chi connectivity index (χ2n) is 5.14. The Balaban J connectivity index is 1.82. The van der Waals surface area contributed by atoms with Crippen molar-refractivity contribution in [3.8, 4) is 5.75 Å². The van der Waals surface area contributed by atoms with Gasteiger partial charge in [-0.05, 0) is 42.0 Å². The van der Waals surface area contributed by atoms with Crippen LogP contribution in [0.15, 0.2) is 58.3 Å². The summed E-state index contributed by atoms with van der Waals surface area (Å²) in [5.74, 6) is 0.294. The maximum absolute atomic E-state index is 12.2. The molecule has 2 rings (SSSR count). The van der Waals surface area contributed by atoms with Crippen LogP contribution in [0.4, 0.5) is 0 Å². The molecule has 0 heterocycles. The van der Waals surface area contributed by atoms with Gasteiger partial charge >= 0.3 is 5.97 Å². The number of hydrogen-bond acceptors (Lipinski definition) is 5. The van der Waals surface area contributed by atoms with Crippen molar-refractivity contribution >= 4 is 27.8 Å². The van der Waals surface area contributed by atoms with Crippen molar-refractivity contribution in [3.63, 3.8) is 0 Å². The van der Waals surface area contributed by atoms with Gasteiger partial charge in [0, 0.05) is 17.2 Å². The molecular formula is C17H19NO5S2. The van der Waals surface area contributed by atoms with Crippen LogP contribution < -0.4 is 9.46 Å². The number of carbonyl (C=O) groups is 1. The lowest BCUT2D eigenvalue weighted by Crippen LogP contribution is -2.25. The molecule has 0 bridgehead atoms. The summed E-state index contributed by atoms with van der Waals surface area (Å²) in [5.41, 5.74) is 0.733. The first-order valence-electron chi connectivity index (χ1n) is 7.48. The van der Waals surface area contributed by atoms with E-state index in [1.165, 1.54) is 31.0 Å². The van der Waals surface area contributed by atoms with Gasteiger partial charge in [0.15, 0.2) is 0 Å². The van der Waals surface area contributed by atoms with Gasteiger partial charge in [-0.15, -0.1) is 11.8 Å². The first-order valence-corrected chi connectivity index (χ1v) is 9.95. The molecule has 0 fully saturated rings. The zero-order valence-corrected chi connectivity index (χ0v) is 15.3. The molecule has 25 heavy (non-hydrogen) atoms. The average Bonchev–Trinajstić information content (AvgIpc) is 2.60. The number of methoxy groups -OCH3 is 1. The molecule has 2 aromatic carbocycles. The summed E-state index contributed by atoms with van der Waals surface area (Å²) in [6, 6.07) is 13.4. The van der Waals surface area contributed by atoms with Gasteiger partial charge in [0.1, 0.15) is 5.75 Å². The van der Waals surface area contributed by atoms with E-state index in [0.717, 1.165) is 10.5 Å². The van der Waals surface area contributed by atoms with Crippen molar-refractivity contribution in [1.82, 2.24) is 4.72 Å². The Morgan fingerprint density at radius 2 is 1.76 bits per heavy atom. The molecule has 0 aliphatic carbocycles. The third-order valence-electron chi connectivity index (χ3n) is 3.31. The Kier molecular flexibility index (Phi) is 6.86. The fourth-order valence-electron chi connectivity index (χ4n) is 2.06. The Morgan fingerprint density at radius 3 is 2.32 bits per heavy atom. The standard InChI is InChI=1S/C17H19NO5S2/c1-23-14-4-8-16(9-5-14)25(21,22)18-10-11-24-15-6-2-13(3-7-15)12-17(19)20/h2-9,18H,10-12H2,1H3,(H,19,20). The lowest BCUT2D eigenvalue weighted by Gasteiger charge is -2.08. The highest BCUT2D eigenvalue weighted by molar-refractivity contribution is 7.99. The average molecular weight is 381 g/mol. The number of thioether (sulfide) groups is 1. The number of carboxylic acid groups (broad SMARTS) is 1. The molecule has 0 radical (unpaired) electrons.